The van der Waals surface area contributed by atoms with E-state index in [0.29, 0.717) is 5.82 Å². The Bertz CT molecular complexity index is 956. The lowest BCUT2D eigenvalue weighted by Crippen LogP contribution is -2.31. The Morgan fingerprint density at radius 2 is 2.11 bits per heavy atom. The van der Waals surface area contributed by atoms with Crippen LogP contribution in [0, 0.1) is 0 Å². The van der Waals surface area contributed by atoms with E-state index in [1.807, 2.05) is 0 Å². The van der Waals surface area contributed by atoms with Gasteiger partial charge in [0.1, 0.15) is 12.0 Å². The minimum Gasteiger partial charge on any atom is -0.413 e. The molecule has 140 valence electrons. The molecule has 3 heterocycles. The standard InChI is InChI=1S/C17H14F2N4O4/c1-23-12-5-4-11-10(14(12)17(18,19)15(23)24)3-2-9(27-16(25)21-11)8-20-13-6-7-26-22-13/h4-8H,2-3H2,1H3,(H,20,22)(H,21,25)/b9-8-. The van der Waals surface area contributed by atoms with Gasteiger partial charge in [-0.2, -0.15) is 8.78 Å². The molecule has 0 spiro atoms. The van der Waals surface area contributed by atoms with Crippen LogP contribution in [0.1, 0.15) is 17.5 Å². The average Bonchev–Trinajstić information content (AvgIpc) is 3.19. The summed E-state index contributed by atoms with van der Waals surface area (Å²) in [6, 6.07) is 4.44. The van der Waals surface area contributed by atoms with Crippen molar-refractivity contribution in [1.29, 1.82) is 0 Å². The van der Waals surface area contributed by atoms with E-state index in [2.05, 4.69) is 20.3 Å². The number of allylic oxidation sites excluding steroid dienone is 1. The molecule has 4 rings (SSSR count). The lowest BCUT2D eigenvalue weighted by Gasteiger charge is -2.21. The summed E-state index contributed by atoms with van der Waals surface area (Å²) in [5.74, 6) is -4.32. The van der Waals surface area contributed by atoms with Gasteiger partial charge in [0.2, 0.25) is 0 Å². The van der Waals surface area contributed by atoms with Crippen molar-refractivity contribution in [3.8, 4) is 0 Å². The monoisotopic (exact) mass is 376 g/mol. The number of nitrogens with zero attached hydrogens (tertiary/aromatic N) is 2. The highest BCUT2D eigenvalue weighted by atomic mass is 19.3. The predicted molar refractivity (Wildman–Crippen MR) is 90.4 cm³/mol. The molecule has 0 atom stereocenters. The number of halogens is 2. The predicted octanol–water partition coefficient (Wildman–Crippen LogP) is 3.19. The fourth-order valence-electron chi connectivity index (χ4n) is 3.17. The molecule has 0 saturated heterocycles. The molecule has 0 unspecified atom stereocenters. The number of carbonyl (C=O) groups excluding carboxylic acids is 2. The fraction of sp³-hybridized carbons (Fsp3) is 0.235. The number of hydrogen-bond acceptors (Lipinski definition) is 6. The zero-order valence-corrected chi connectivity index (χ0v) is 14.1. The fourth-order valence-corrected chi connectivity index (χ4v) is 3.17. The molecule has 2 aromatic rings. The smallest absolute Gasteiger partial charge is 0.413 e. The van der Waals surface area contributed by atoms with Crippen LogP contribution in [-0.4, -0.2) is 24.2 Å². The molecule has 1 aromatic heterocycles. The number of rotatable bonds is 2. The molecule has 10 heteroatoms. The first-order valence-electron chi connectivity index (χ1n) is 8.05. The number of nitrogens with one attached hydrogen (secondary N) is 2. The molecule has 2 N–H and O–H groups in total. The van der Waals surface area contributed by atoms with Crippen molar-refractivity contribution in [3.05, 3.63) is 47.5 Å². The number of ether oxygens (including phenoxy) is 1. The number of fused-ring (bicyclic) bond motifs is 3. The first-order chi connectivity index (χ1) is 12.9. The van der Waals surface area contributed by atoms with E-state index in [0.717, 1.165) is 4.90 Å². The van der Waals surface area contributed by atoms with Gasteiger partial charge in [-0.3, -0.25) is 10.1 Å². The molecule has 1 aromatic carbocycles. The van der Waals surface area contributed by atoms with Crippen LogP contribution in [0.4, 0.5) is 30.8 Å². The second-order valence-corrected chi connectivity index (χ2v) is 6.08. The molecule has 2 aliphatic rings. The van der Waals surface area contributed by atoms with Gasteiger partial charge in [0.15, 0.2) is 5.82 Å². The highest BCUT2D eigenvalue weighted by molar-refractivity contribution is 6.07. The summed E-state index contributed by atoms with van der Waals surface area (Å²) in [6.07, 6.45) is 2.25. The highest BCUT2D eigenvalue weighted by Crippen LogP contribution is 2.48. The van der Waals surface area contributed by atoms with Gasteiger partial charge in [0.25, 0.3) is 0 Å². The summed E-state index contributed by atoms with van der Waals surface area (Å²) in [4.78, 5) is 24.9. The lowest BCUT2D eigenvalue weighted by molar-refractivity contribution is -0.141. The maximum atomic E-state index is 14.6. The van der Waals surface area contributed by atoms with Crippen molar-refractivity contribution < 1.29 is 27.6 Å². The van der Waals surface area contributed by atoms with E-state index in [1.54, 1.807) is 6.07 Å². The topological polar surface area (TPSA) is 96.7 Å². The van der Waals surface area contributed by atoms with Crippen molar-refractivity contribution in [1.82, 2.24) is 5.16 Å². The van der Waals surface area contributed by atoms with E-state index in [-0.39, 0.29) is 41.1 Å². The summed E-state index contributed by atoms with van der Waals surface area (Å²) in [5, 5.41) is 8.89. The van der Waals surface area contributed by atoms with Crippen molar-refractivity contribution in [3.63, 3.8) is 0 Å². The summed E-state index contributed by atoms with van der Waals surface area (Å²) < 4.78 is 39.0. The molecular formula is C17H14F2N4O4. The van der Waals surface area contributed by atoms with E-state index in [9.17, 15) is 18.4 Å². The van der Waals surface area contributed by atoms with Gasteiger partial charge in [0, 0.05) is 31.4 Å². The second kappa shape index (κ2) is 6.08. The quantitative estimate of drug-likeness (QED) is 0.836. The van der Waals surface area contributed by atoms with Gasteiger partial charge in [-0.05, 0) is 24.1 Å². The molecule has 2 aliphatic heterocycles. The zero-order chi connectivity index (χ0) is 19.2. The lowest BCUT2D eigenvalue weighted by atomic mass is 9.95. The first kappa shape index (κ1) is 17.0. The molecule has 0 aliphatic carbocycles. The Kier molecular flexibility index (Phi) is 3.83. The Labute approximate surface area is 151 Å². The van der Waals surface area contributed by atoms with Gasteiger partial charge in [-0.25, -0.2) is 4.79 Å². The van der Waals surface area contributed by atoms with Gasteiger partial charge in [-0.15, -0.1) is 0 Å². The van der Waals surface area contributed by atoms with Crippen LogP contribution in [0.2, 0.25) is 0 Å². The van der Waals surface area contributed by atoms with Crippen LogP contribution in [0.3, 0.4) is 0 Å². The van der Waals surface area contributed by atoms with Gasteiger partial charge >= 0.3 is 17.9 Å². The van der Waals surface area contributed by atoms with Crippen molar-refractivity contribution >= 4 is 29.2 Å². The summed E-state index contributed by atoms with van der Waals surface area (Å²) >= 11 is 0. The SMILES string of the molecule is CN1C(=O)C(F)(F)c2c1ccc1c2CC/C(=C/Nc2ccon2)OC(=O)N1. The van der Waals surface area contributed by atoms with Gasteiger partial charge in [-0.1, -0.05) is 5.16 Å². The van der Waals surface area contributed by atoms with E-state index in [1.165, 1.54) is 31.6 Å². The minimum absolute atomic E-state index is 0.130. The van der Waals surface area contributed by atoms with E-state index < -0.39 is 17.9 Å². The van der Waals surface area contributed by atoms with Gasteiger partial charge < -0.3 is 19.5 Å². The third kappa shape index (κ3) is 2.78. The van der Waals surface area contributed by atoms with E-state index >= 15 is 0 Å². The van der Waals surface area contributed by atoms with Crippen molar-refractivity contribution in [2.75, 3.05) is 22.6 Å². The largest absolute Gasteiger partial charge is 0.416 e. The number of hydrogen-bond donors (Lipinski definition) is 2. The number of amides is 2. The number of alkyl halides is 2. The van der Waals surface area contributed by atoms with Gasteiger partial charge in [0.05, 0.1) is 11.3 Å². The number of anilines is 3. The van der Waals surface area contributed by atoms with Crippen LogP contribution in [-0.2, 0) is 21.9 Å². The molecule has 0 bridgehead atoms. The number of aromatic nitrogens is 1. The summed E-state index contributed by atoms with van der Waals surface area (Å²) in [5.41, 5.74) is 0.161. The van der Waals surface area contributed by atoms with Crippen molar-refractivity contribution in [2.24, 2.45) is 0 Å². The zero-order valence-electron chi connectivity index (χ0n) is 14.1. The Balaban J connectivity index is 1.70. The molecule has 0 saturated carbocycles. The Morgan fingerprint density at radius 3 is 2.85 bits per heavy atom. The van der Waals surface area contributed by atoms with Crippen LogP contribution in [0.5, 0.6) is 0 Å². The second-order valence-electron chi connectivity index (χ2n) is 6.08. The first-order valence-corrected chi connectivity index (χ1v) is 8.05. The summed E-state index contributed by atoms with van der Waals surface area (Å²) in [7, 11) is 1.30. The molecule has 27 heavy (non-hydrogen) atoms. The molecule has 2 amide bonds. The van der Waals surface area contributed by atoms with Crippen LogP contribution < -0.4 is 15.5 Å². The average molecular weight is 376 g/mol. The highest BCUT2D eigenvalue weighted by Gasteiger charge is 2.53. The third-order valence-corrected chi connectivity index (χ3v) is 4.44. The van der Waals surface area contributed by atoms with E-state index in [4.69, 9.17) is 4.74 Å². The minimum atomic E-state index is -3.65. The number of benzene rings is 1. The van der Waals surface area contributed by atoms with Crippen LogP contribution in [0.15, 0.2) is 40.9 Å². The number of likely N-dealkylation sites (N-methyl/N-ethyl adjacent to an activating group) is 1. The summed E-state index contributed by atoms with van der Waals surface area (Å²) in [6.45, 7) is 0. The molecule has 8 nitrogen and oxygen atoms in total. The van der Waals surface area contributed by atoms with Crippen molar-refractivity contribution in [2.45, 2.75) is 18.8 Å². The normalized spacial score (nSPS) is 19.7. The third-order valence-electron chi connectivity index (χ3n) is 4.44. The van der Waals surface area contributed by atoms with Crippen LogP contribution >= 0.6 is 0 Å². The Hall–Kier alpha value is -3.43. The number of cyclic esters (lactones) is 1. The maximum absolute atomic E-state index is 14.6. The maximum Gasteiger partial charge on any atom is 0.416 e. The Morgan fingerprint density at radius 1 is 1.30 bits per heavy atom. The van der Waals surface area contributed by atoms with Crippen LogP contribution in [0.25, 0.3) is 0 Å². The molecule has 0 fully saturated rings. The molecular weight excluding hydrogens is 362 g/mol. The molecule has 0 radical (unpaired) electrons. The number of carbonyl (C=O) groups is 2.